The number of hydrogen-bond acceptors (Lipinski definition) is 5. The van der Waals surface area contributed by atoms with Crippen LogP contribution in [0.4, 0.5) is 5.69 Å². The molecule has 84 valence electrons. The zero-order valence-electron chi connectivity index (χ0n) is 8.66. The lowest BCUT2D eigenvalue weighted by Crippen LogP contribution is -2.17. The number of pyridine rings is 1. The number of fused-ring (bicyclic) bond motifs is 3. The van der Waals surface area contributed by atoms with E-state index < -0.39 is 5.97 Å². The van der Waals surface area contributed by atoms with Crippen molar-refractivity contribution in [2.24, 2.45) is 4.99 Å². The monoisotopic (exact) mass is 228 g/mol. The molecule has 0 spiro atoms. The predicted octanol–water partition coefficient (Wildman–Crippen LogP) is 1.08. The van der Waals surface area contributed by atoms with Crippen molar-refractivity contribution >= 4 is 23.6 Å². The molecule has 0 aromatic carbocycles. The second-order valence-corrected chi connectivity index (χ2v) is 3.59. The van der Waals surface area contributed by atoms with Crippen molar-refractivity contribution in [3.8, 4) is 0 Å². The Morgan fingerprint density at radius 1 is 1.47 bits per heavy atom. The largest absolute Gasteiger partial charge is 0.478 e. The van der Waals surface area contributed by atoms with E-state index >= 15 is 0 Å². The fraction of sp³-hybridized carbons (Fsp3) is 0. The van der Waals surface area contributed by atoms with Gasteiger partial charge in [-0.3, -0.25) is 20.4 Å². The summed E-state index contributed by atoms with van der Waals surface area (Å²) in [5, 5.41) is 10.6. The van der Waals surface area contributed by atoms with Gasteiger partial charge < -0.3 is 5.11 Å². The molecule has 6 heteroatoms. The zero-order chi connectivity index (χ0) is 11.8. The third kappa shape index (κ3) is 1.46. The highest BCUT2D eigenvalue weighted by molar-refractivity contribution is 6.09. The zero-order valence-corrected chi connectivity index (χ0v) is 8.66. The van der Waals surface area contributed by atoms with Gasteiger partial charge in [-0.25, -0.2) is 4.79 Å². The molecule has 2 aliphatic heterocycles. The molecule has 6 nitrogen and oxygen atoms in total. The average molecular weight is 228 g/mol. The predicted molar refractivity (Wildman–Crippen MR) is 61.9 cm³/mol. The van der Waals surface area contributed by atoms with Crippen LogP contribution < -0.4 is 5.43 Å². The summed E-state index contributed by atoms with van der Waals surface area (Å²) in [6.07, 6.45) is 7.79. The van der Waals surface area contributed by atoms with Crippen molar-refractivity contribution in [3.63, 3.8) is 0 Å². The Kier molecular flexibility index (Phi) is 1.94. The van der Waals surface area contributed by atoms with E-state index in [2.05, 4.69) is 15.4 Å². The number of nitrogens with zero attached hydrogens (tertiary/aromatic N) is 3. The summed E-state index contributed by atoms with van der Waals surface area (Å²) in [4.78, 5) is 18.9. The lowest BCUT2D eigenvalue weighted by Gasteiger charge is -2.14. The first-order chi connectivity index (χ1) is 8.25. The van der Waals surface area contributed by atoms with Crippen LogP contribution in [0.2, 0.25) is 0 Å². The molecule has 0 radical (unpaired) electrons. The minimum absolute atomic E-state index is 0.115. The van der Waals surface area contributed by atoms with Crippen LogP contribution in [0.1, 0.15) is 5.56 Å². The van der Waals surface area contributed by atoms with Crippen molar-refractivity contribution in [3.05, 3.63) is 42.0 Å². The van der Waals surface area contributed by atoms with E-state index in [4.69, 9.17) is 5.11 Å². The van der Waals surface area contributed by atoms with Gasteiger partial charge in [-0.05, 0) is 6.07 Å². The molecule has 17 heavy (non-hydrogen) atoms. The van der Waals surface area contributed by atoms with Crippen molar-refractivity contribution in [1.29, 1.82) is 0 Å². The number of carboxylic acids is 1. The maximum absolute atomic E-state index is 10.9. The number of hydrazine groups is 1. The third-order valence-electron chi connectivity index (χ3n) is 2.52. The first-order valence-electron chi connectivity index (χ1n) is 4.94. The average Bonchev–Trinajstić information content (AvgIpc) is 2.53. The number of carboxylic acid groups (broad SMARTS) is 1. The molecule has 1 aromatic rings. The Labute approximate surface area is 96.6 Å². The number of rotatable bonds is 1. The fourth-order valence-corrected chi connectivity index (χ4v) is 1.72. The van der Waals surface area contributed by atoms with Gasteiger partial charge in [-0.1, -0.05) is 0 Å². The van der Waals surface area contributed by atoms with E-state index in [0.29, 0.717) is 0 Å². The van der Waals surface area contributed by atoms with Crippen molar-refractivity contribution < 1.29 is 9.90 Å². The van der Waals surface area contributed by atoms with Gasteiger partial charge in [0.05, 0.1) is 23.2 Å². The van der Waals surface area contributed by atoms with Crippen LogP contribution in [0.3, 0.4) is 0 Å². The molecular weight excluding hydrogens is 220 g/mol. The number of nitrogens with one attached hydrogen (secondary N) is 1. The molecule has 3 heterocycles. The molecule has 0 saturated heterocycles. The number of aromatic nitrogens is 1. The number of anilines is 1. The second-order valence-electron chi connectivity index (χ2n) is 3.59. The van der Waals surface area contributed by atoms with E-state index in [1.165, 1.54) is 12.4 Å². The highest BCUT2D eigenvalue weighted by atomic mass is 16.4. The van der Waals surface area contributed by atoms with Crippen LogP contribution >= 0.6 is 0 Å². The summed E-state index contributed by atoms with van der Waals surface area (Å²) in [6.45, 7) is 0. The molecule has 0 fully saturated rings. The topological polar surface area (TPSA) is 77.8 Å². The van der Waals surface area contributed by atoms with Gasteiger partial charge in [0.1, 0.15) is 0 Å². The highest BCUT2D eigenvalue weighted by Gasteiger charge is 2.24. The molecule has 3 rings (SSSR count). The van der Waals surface area contributed by atoms with Crippen LogP contribution in [-0.2, 0) is 4.79 Å². The van der Waals surface area contributed by atoms with E-state index in [1.807, 2.05) is 6.07 Å². The molecule has 2 N–H and O–H groups in total. The van der Waals surface area contributed by atoms with Gasteiger partial charge in [-0.15, -0.1) is 0 Å². The summed E-state index contributed by atoms with van der Waals surface area (Å²) in [5.41, 5.74) is 5.74. The van der Waals surface area contributed by atoms with Crippen molar-refractivity contribution in [2.45, 2.75) is 0 Å². The lowest BCUT2D eigenvalue weighted by atomic mass is 10.2. The molecule has 0 aliphatic carbocycles. The Bertz CT molecular complexity index is 589. The molecule has 0 saturated carbocycles. The molecule has 0 bridgehead atoms. The van der Waals surface area contributed by atoms with Gasteiger partial charge in [0.15, 0.2) is 0 Å². The SMILES string of the molecule is O=C(O)C1=CN2Nc3ccncc3C2=CN=C1. The van der Waals surface area contributed by atoms with Gasteiger partial charge >= 0.3 is 5.97 Å². The quantitative estimate of drug-likeness (QED) is 0.751. The summed E-state index contributed by atoms with van der Waals surface area (Å²) in [7, 11) is 0. The minimum Gasteiger partial charge on any atom is -0.478 e. The van der Waals surface area contributed by atoms with E-state index in [0.717, 1.165) is 16.9 Å². The molecule has 0 amide bonds. The maximum Gasteiger partial charge on any atom is 0.338 e. The first kappa shape index (κ1) is 9.59. The summed E-state index contributed by atoms with van der Waals surface area (Å²) < 4.78 is 0. The lowest BCUT2D eigenvalue weighted by molar-refractivity contribution is -0.132. The van der Waals surface area contributed by atoms with E-state index in [-0.39, 0.29) is 5.57 Å². The highest BCUT2D eigenvalue weighted by Crippen LogP contribution is 2.34. The summed E-state index contributed by atoms with van der Waals surface area (Å²) in [6, 6.07) is 1.82. The van der Waals surface area contributed by atoms with Crippen LogP contribution in [0.25, 0.3) is 5.70 Å². The number of carbonyl (C=O) groups is 1. The molecule has 2 aliphatic rings. The Hall–Kier alpha value is -2.63. The molecule has 1 aromatic heterocycles. The summed E-state index contributed by atoms with van der Waals surface area (Å²) in [5.74, 6) is -1.01. The Morgan fingerprint density at radius 3 is 3.18 bits per heavy atom. The normalized spacial score (nSPS) is 16.4. The van der Waals surface area contributed by atoms with Crippen molar-refractivity contribution in [1.82, 2.24) is 9.99 Å². The Morgan fingerprint density at radius 2 is 2.35 bits per heavy atom. The molecule has 0 unspecified atom stereocenters. The smallest absolute Gasteiger partial charge is 0.338 e. The molecular formula is C11H8N4O2. The van der Waals surface area contributed by atoms with Crippen LogP contribution in [0.5, 0.6) is 0 Å². The van der Waals surface area contributed by atoms with Crippen LogP contribution in [0, 0.1) is 0 Å². The number of hydrogen-bond donors (Lipinski definition) is 2. The second kappa shape index (κ2) is 3.44. The third-order valence-corrected chi connectivity index (χ3v) is 2.52. The Balaban J connectivity index is 2.08. The van der Waals surface area contributed by atoms with E-state index in [1.54, 1.807) is 23.6 Å². The van der Waals surface area contributed by atoms with Crippen LogP contribution in [0.15, 0.2) is 41.4 Å². The number of aliphatic imine (C=N–C) groups is 1. The first-order valence-corrected chi connectivity index (χ1v) is 4.94. The van der Waals surface area contributed by atoms with Crippen molar-refractivity contribution in [2.75, 3.05) is 5.43 Å². The summed E-state index contributed by atoms with van der Waals surface area (Å²) >= 11 is 0. The van der Waals surface area contributed by atoms with Gasteiger partial charge in [0.25, 0.3) is 0 Å². The maximum atomic E-state index is 10.9. The van der Waals surface area contributed by atoms with E-state index in [9.17, 15) is 4.79 Å². The van der Waals surface area contributed by atoms with Gasteiger partial charge in [-0.2, -0.15) is 0 Å². The standard InChI is InChI=1S/C11H8N4O2/c16-11(17)7-3-13-5-10-8-4-12-2-1-9(8)14-15(10)6-7/h1-6,14H,(H,16,17). The van der Waals surface area contributed by atoms with Gasteiger partial charge in [0.2, 0.25) is 0 Å². The van der Waals surface area contributed by atoms with Crippen LogP contribution in [-0.4, -0.2) is 27.3 Å². The minimum atomic E-state index is -1.01. The number of aliphatic carboxylic acids is 1. The van der Waals surface area contributed by atoms with Gasteiger partial charge in [0, 0.05) is 30.4 Å². The molecule has 0 atom stereocenters. The fourth-order valence-electron chi connectivity index (χ4n) is 1.72.